The summed E-state index contributed by atoms with van der Waals surface area (Å²) in [5.41, 5.74) is 0.381. The molecule has 1 rings (SSSR count). The van der Waals surface area contributed by atoms with Crippen molar-refractivity contribution in [2.45, 2.75) is 40.0 Å². The molecule has 0 spiro atoms. The topological polar surface area (TPSA) is 13.1 Å². The van der Waals surface area contributed by atoms with Crippen LogP contribution in [0.5, 0.6) is 0 Å². The van der Waals surface area contributed by atoms with Gasteiger partial charge in [-0.2, -0.15) is 0 Å². The van der Waals surface area contributed by atoms with Crippen molar-refractivity contribution in [2.24, 2.45) is 5.41 Å². The first-order valence-electron chi connectivity index (χ1n) is 4.52. The predicted molar refractivity (Wildman–Crippen MR) is 51.2 cm³/mol. The molecule has 0 N–H and O–H groups in total. The van der Waals surface area contributed by atoms with Crippen LogP contribution >= 0.6 is 0 Å². The zero-order chi connectivity index (χ0) is 9.19. The highest BCUT2D eigenvalue weighted by Crippen LogP contribution is 2.30. The third kappa shape index (κ3) is 2.72. The lowest BCUT2D eigenvalue weighted by atomic mass is 9.84. The Morgan fingerprint density at radius 3 is 2.50 bits per heavy atom. The van der Waals surface area contributed by atoms with E-state index in [0.29, 0.717) is 11.3 Å². The molecule has 0 fully saturated rings. The van der Waals surface area contributed by atoms with Crippen LogP contribution in [0.1, 0.15) is 45.8 Å². The zero-order valence-corrected chi connectivity index (χ0v) is 8.42. The fraction of sp³-hybridized carbons (Fsp3) is 0.636. The van der Waals surface area contributed by atoms with Crippen molar-refractivity contribution in [3.63, 3.8) is 0 Å². The Kier molecular flexibility index (Phi) is 2.61. The molecule has 0 saturated heterocycles. The van der Waals surface area contributed by atoms with Gasteiger partial charge in [-0.15, -0.1) is 0 Å². The molecule has 1 unspecified atom stereocenters. The van der Waals surface area contributed by atoms with E-state index in [1.54, 1.807) is 6.26 Å². The number of hydrogen-bond donors (Lipinski definition) is 0. The van der Waals surface area contributed by atoms with E-state index in [4.69, 9.17) is 4.42 Å². The van der Waals surface area contributed by atoms with Crippen LogP contribution in [0.4, 0.5) is 0 Å². The molecular formula is C11H18O. The van der Waals surface area contributed by atoms with Crippen molar-refractivity contribution < 1.29 is 4.42 Å². The second kappa shape index (κ2) is 3.34. The predicted octanol–water partition coefficient (Wildman–Crippen LogP) is 3.82. The second-order valence-electron chi connectivity index (χ2n) is 4.68. The van der Waals surface area contributed by atoms with Crippen molar-refractivity contribution in [3.05, 3.63) is 24.2 Å². The highest BCUT2D eigenvalue weighted by atomic mass is 16.3. The van der Waals surface area contributed by atoms with E-state index in [2.05, 4.69) is 33.8 Å². The van der Waals surface area contributed by atoms with Crippen molar-refractivity contribution >= 4 is 0 Å². The lowest BCUT2D eigenvalue weighted by Crippen LogP contribution is -2.09. The molecule has 68 valence electrons. The molecule has 0 amide bonds. The molecule has 0 bridgehead atoms. The molecule has 0 radical (unpaired) electrons. The summed E-state index contributed by atoms with van der Waals surface area (Å²) >= 11 is 0. The van der Waals surface area contributed by atoms with Crippen LogP contribution in [0.15, 0.2) is 22.8 Å². The van der Waals surface area contributed by atoms with Crippen molar-refractivity contribution in [3.8, 4) is 0 Å². The van der Waals surface area contributed by atoms with Crippen molar-refractivity contribution in [2.75, 3.05) is 0 Å². The van der Waals surface area contributed by atoms with Crippen LogP contribution in [0.25, 0.3) is 0 Å². The summed E-state index contributed by atoms with van der Waals surface area (Å²) in [5.74, 6) is 1.63. The Balaban J connectivity index is 2.56. The van der Waals surface area contributed by atoms with E-state index in [1.807, 2.05) is 6.07 Å². The van der Waals surface area contributed by atoms with Gasteiger partial charge in [-0.3, -0.25) is 0 Å². The average Bonchev–Trinajstić information content (AvgIpc) is 2.32. The summed E-state index contributed by atoms with van der Waals surface area (Å²) in [7, 11) is 0. The third-order valence-corrected chi connectivity index (χ3v) is 1.95. The monoisotopic (exact) mass is 166 g/mol. The lowest BCUT2D eigenvalue weighted by Gasteiger charge is -2.21. The fourth-order valence-electron chi connectivity index (χ4n) is 1.59. The van der Waals surface area contributed by atoms with Crippen molar-refractivity contribution in [1.82, 2.24) is 0 Å². The molecule has 1 aromatic rings. The maximum atomic E-state index is 5.34. The van der Waals surface area contributed by atoms with Crippen LogP contribution in [0.2, 0.25) is 0 Å². The Bertz CT molecular complexity index is 216. The molecule has 1 aromatic heterocycles. The molecule has 1 heterocycles. The smallest absolute Gasteiger partial charge is 0.106 e. The number of furan rings is 1. The molecule has 0 aliphatic rings. The van der Waals surface area contributed by atoms with Gasteiger partial charge in [0.15, 0.2) is 0 Å². The number of hydrogen-bond acceptors (Lipinski definition) is 1. The summed E-state index contributed by atoms with van der Waals surface area (Å²) in [6, 6.07) is 4.00. The molecular weight excluding hydrogens is 148 g/mol. The van der Waals surface area contributed by atoms with E-state index in [-0.39, 0.29) is 0 Å². The SMILES string of the molecule is CC(CC(C)(C)C)c1ccco1. The van der Waals surface area contributed by atoms with Crippen LogP contribution in [-0.2, 0) is 0 Å². The summed E-state index contributed by atoms with van der Waals surface area (Å²) in [4.78, 5) is 0. The van der Waals surface area contributed by atoms with E-state index >= 15 is 0 Å². The van der Waals surface area contributed by atoms with Gasteiger partial charge in [0.25, 0.3) is 0 Å². The van der Waals surface area contributed by atoms with E-state index < -0.39 is 0 Å². The molecule has 1 atom stereocenters. The quantitative estimate of drug-likeness (QED) is 0.651. The Morgan fingerprint density at radius 1 is 1.42 bits per heavy atom. The first-order chi connectivity index (χ1) is 5.49. The van der Waals surface area contributed by atoms with Gasteiger partial charge in [0.2, 0.25) is 0 Å². The van der Waals surface area contributed by atoms with Crippen molar-refractivity contribution in [1.29, 1.82) is 0 Å². The highest BCUT2D eigenvalue weighted by Gasteiger charge is 2.17. The molecule has 1 nitrogen and oxygen atoms in total. The van der Waals surface area contributed by atoms with Crippen LogP contribution < -0.4 is 0 Å². The minimum absolute atomic E-state index is 0.381. The first-order valence-corrected chi connectivity index (χ1v) is 4.52. The van der Waals surface area contributed by atoms with Gasteiger partial charge < -0.3 is 4.42 Å². The normalized spacial score (nSPS) is 14.7. The van der Waals surface area contributed by atoms with Crippen LogP contribution in [0, 0.1) is 5.41 Å². The fourth-order valence-corrected chi connectivity index (χ4v) is 1.59. The van der Waals surface area contributed by atoms with Gasteiger partial charge in [-0.05, 0) is 24.0 Å². The van der Waals surface area contributed by atoms with E-state index in [9.17, 15) is 0 Å². The van der Waals surface area contributed by atoms with E-state index in [0.717, 1.165) is 5.76 Å². The lowest BCUT2D eigenvalue weighted by molar-refractivity contribution is 0.324. The summed E-state index contributed by atoms with van der Waals surface area (Å²) in [6.07, 6.45) is 2.91. The minimum atomic E-state index is 0.381. The molecule has 0 aromatic carbocycles. The van der Waals surface area contributed by atoms with E-state index in [1.165, 1.54) is 6.42 Å². The summed E-state index contributed by atoms with van der Waals surface area (Å²) in [6.45, 7) is 8.98. The van der Waals surface area contributed by atoms with Gasteiger partial charge in [0.1, 0.15) is 5.76 Å². The summed E-state index contributed by atoms with van der Waals surface area (Å²) in [5, 5.41) is 0. The van der Waals surface area contributed by atoms with Crippen LogP contribution in [0.3, 0.4) is 0 Å². The maximum Gasteiger partial charge on any atom is 0.106 e. The minimum Gasteiger partial charge on any atom is -0.469 e. The summed E-state index contributed by atoms with van der Waals surface area (Å²) < 4.78 is 5.34. The van der Waals surface area contributed by atoms with Gasteiger partial charge >= 0.3 is 0 Å². The molecule has 1 heteroatoms. The van der Waals surface area contributed by atoms with Gasteiger partial charge in [0, 0.05) is 5.92 Å². The Morgan fingerprint density at radius 2 is 2.08 bits per heavy atom. The van der Waals surface area contributed by atoms with Gasteiger partial charge in [-0.25, -0.2) is 0 Å². The zero-order valence-electron chi connectivity index (χ0n) is 8.42. The highest BCUT2D eigenvalue weighted by molar-refractivity contribution is 5.04. The molecule has 0 saturated carbocycles. The standard InChI is InChI=1S/C11H18O/c1-9(8-11(2,3)4)10-6-5-7-12-10/h5-7,9H,8H2,1-4H3. The largest absolute Gasteiger partial charge is 0.469 e. The Labute approximate surface area is 74.8 Å². The molecule has 0 aliphatic heterocycles. The average molecular weight is 166 g/mol. The third-order valence-electron chi connectivity index (χ3n) is 1.95. The molecule has 0 aliphatic carbocycles. The maximum absolute atomic E-state index is 5.34. The second-order valence-corrected chi connectivity index (χ2v) is 4.68. The first kappa shape index (κ1) is 9.37. The number of rotatable bonds is 2. The Hall–Kier alpha value is -0.720. The van der Waals surface area contributed by atoms with Crippen LogP contribution in [-0.4, -0.2) is 0 Å². The van der Waals surface area contributed by atoms with Gasteiger partial charge in [0.05, 0.1) is 6.26 Å². The van der Waals surface area contributed by atoms with Gasteiger partial charge in [-0.1, -0.05) is 27.7 Å². The molecule has 12 heavy (non-hydrogen) atoms.